The molecule has 0 spiro atoms. The normalized spacial score (nSPS) is 17.5. The van der Waals surface area contributed by atoms with Crippen LogP contribution in [-0.4, -0.2) is 26.6 Å². The molecule has 144 valence electrons. The molecule has 1 N–H and O–H groups in total. The summed E-state index contributed by atoms with van der Waals surface area (Å²) in [5.74, 6) is -1.83. The predicted molar refractivity (Wildman–Crippen MR) is 99.2 cm³/mol. The minimum absolute atomic E-state index is 0.183. The second-order valence-electron chi connectivity index (χ2n) is 6.82. The van der Waals surface area contributed by atoms with E-state index in [1.165, 1.54) is 16.4 Å². The van der Waals surface area contributed by atoms with Gasteiger partial charge in [0, 0.05) is 23.2 Å². The van der Waals surface area contributed by atoms with E-state index < -0.39 is 33.6 Å². The van der Waals surface area contributed by atoms with Gasteiger partial charge in [-0.25, -0.2) is 17.2 Å². The van der Waals surface area contributed by atoms with Crippen molar-refractivity contribution in [1.29, 1.82) is 0 Å². The van der Waals surface area contributed by atoms with Gasteiger partial charge < -0.3 is 5.32 Å². The lowest BCUT2D eigenvalue weighted by atomic mass is 10.0. The van der Waals surface area contributed by atoms with Gasteiger partial charge in [-0.2, -0.15) is 0 Å². The van der Waals surface area contributed by atoms with E-state index in [4.69, 9.17) is 0 Å². The average molecular weight is 394 g/mol. The molecule has 0 bridgehead atoms. The summed E-state index contributed by atoms with van der Waals surface area (Å²) in [4.78, 5) is 12.5. The lowest BCUT2D eigenvalue weighted by Gasteiger charge is -2.22. The molecule has 1 heterocycles. The largest absolute Gasteiger partial charge is 0.345 e. The van der Waals surface area contributed by atoms with Gasteiger partial charge in [-0.15, -0.1) is 0 Å². The Bertz CT molecular complexity index is 1010. The van der Waals surface area contributed by atoms with Crippen molar-refractivity contribution >= 4 is 21.6 Å². The third-order valence-corrected chi connectivity index (χ3v) is 5.90. The molecule has 2 atom stereocenters. The molecular weight excluding hydrogens is 374 g/mol. The smallest absolute Gasteiger partial charge is 0.251 e. The first-order chi connectivity index (χ1) is 12.6. The Morgan fingerprint density at radius 1 is 1.22 bits per heavy atom. The van der Waals surface area contributed by atoms with Crippen LogP contribution in [0.15, 0.2) is 36.4 Å². The molecule has 0 saturated carbocycles. The van der Waals surface area contributed by atoms with Crippen LogP contribution in [0.1, 0.15) is 41.4 Å². The third kappa shape index (κ3) is 3.80. The van der Waals surface area contributed by atoms with Crippen LogP contribution in [0.2, 0.25) is 0 Å². The quantitative estimate of drug-likeness (QED) is 0.866. The predicted octanol–water partition coefficient (Wildman–Crippen LogP) is 3.17. The van der Waals surface area contributed by atoms with Crippen LogP contribution in [0.25, 0.3) is 0 Å². The van der Waals surface area contributed by atoms with Crippen molar-refractivity contribution in [2.75, 3.05) is 10.6 Å². The zero-order chi connectivity index (χ0) is 19.9. The Balaban J connectivity index is 1.82. The highest BCUT2D eigenvalue weighted by molar-refractivity contribution is 7.92. The van der Waals surface area contributed by atoms with Gasteiger partial charge in [0.05, 0.1) is 18.0 Å². The number of nitrogens with zero attached hydrogens (tertiary/aromatic N) is 1. The molecule has 2 aromatic carbocycles. The summed E-state index contributed by atoms with van der Waals surface area (Å²) in [5, 5.41) is 2.68. The van der Waals surface area contributed by atoms with Gasteiger partial charge in [0.15, 0.2) is 0 Å². The molecule has 8 heteroatoms. The summed E-state index contributed by atoms with van der Waals surface area (Å²) in [5.41, 5.74) is 1.87. The molecule has 0 aliphatic carbocycles. The number of anilines is 1. The summed E-state index contributed by atoms with van der Waals surface area (Å²) < 4.78 is 52.2. The van der Waals surface area contributed by atoms with Crippen molar-refractivity contribution in [2.24, 2.45) is 0 Å². The first-order valence-corrected chi connectivity index (χ1v) is 10.3. The first-order valence-electron chi connectivity index (χ1n) is 8.46. The number of fused-ring (bicyclic) bond motifs is 1. The van der Waals surface area contributed by atoms with E-state index in [9.17, 15) is 22.0 Å². The molecule has 0 radical (unpaired) electrons. The monoisotopic (exact) mass is 394 g/mol. The van der Waals surface area contributed by atoms with E-state index in [1.807, 2.05) is 0 Å². The highest BCUT2D eigenvalue weighted by Gasteiger charge is 2.32. The summed E-state index contributed by atoms with van der Waals surface area (Å²) in [6.07, 6.45) is 1.66. The summed E-state index contributed by atoms with van der Waals surface area (Å²) in [6.45, 7) is 3.41. The number of benzene rings is 2. The average Bonchev–Trinajstić information content (AvgIpc) is 2.89. The Kier molecular flexibility index (Phi) is 4.94. The van der Waals surface area contributed by atoms with Gasteiger partial charge in [0.2, 0.25) is 10.0 Å². The highest BCUT2D eigenvalue weighted by Crippen LogP contribution is 2.34. The maximum absolute atomic E-state index is 13.9. The number of rotatable bonds is 4. The number of halogens is 2. The lowest BCUT2D eigenvalue weighted by molar-refractivity contribution is 0.0939. The molecule has 1 aliphatic heterocycles. The molecule has 1 aliphatic rings. The number of hydrogen-bond donors (Lipinski definition) is 1. The van der Waals surface area contributed by atoms with E-state index in [1.54, 1.807) is 26.0 Å². The van der Waals surface area contributed by atoms with Crippen molar-refractivity contribution in [1.82, 2.24) is 5.32 Å². The van der Waals surface area contributed by atoms with Crippen molar-refractivity contribution < 1.29 is 22.0 Å². The maximum atomic E-state index is 13.9. The SMILES string of the molecule is C[C@@H]1Cc2cc(C(=O)N[C@H](C)c3ccc(F)cc3F)ccc2N1S(C)(=O)=O. The fourth-order valence-corrected chi connectivity index (χ4v) is 4.72. The van der Waals surface area contributed by atoms with Gasteiger partial charge in [0.1, 0.15) is 11.6 Å². The fourth-order valence-electron chi connectivity index (χ4n) is 3.46. The number of sulfonamides is 1. The molecule has 0 saturated heterocycles. The second-order valence-corrected chi connectivity index (χ2v) is 8.68. The van der Waals surface area contributed by atoms with Crippen molar-refractivity contribution in [3.05, 3.63) is 64.7 Å². The van der Waals surface area contributed by atoms with Crippen LogP contribution in [0.3, 0.4) is 0 Å². The zero-order valence-electron chi connectivity index (χ0n) is 15.2. The Morgan fingerprint density at radius 2 is 1.93 bits per heavy atom. The molecule has 1 amide bonds. The standard InChI is InChI=1S/C19H20F2N2O3S/c1-11-8-14-9-13(4-7-18(14)23(11)27(3,25)26)19(24)22-12(2)16-6-5-15(20)10-17(16)21/h4-7,9-12H,8H2,1-3H3,(H,22,24)/t11-,12-/m1/s1. The van der Waals surface area contributed by atoms with Gasteiger partial charge in [0.25, 0.3) is 5.91 Å². The molecule has 0 unspecified atom stereocenters. The van der Waals surface area contributed by atoms with Crippen LogP contribution in [0, 0.1) is 11.6 Å². The van der Waals surface area contributed by atoms with E-state index in [-0.39, 0.29) is 11.6 Å². The first kappa shape index (κ1) is 19.3. The molecule has 0 fully saturated rings. The highest BCUT2D eigenvalue weighted by atomic mass is 32.2. The van der Waals surface area contributed by atoms with E-state index in [2.05, 4.69) is 5.32 Å². The van der Waals surface area contributed by atoms with Crippen LogP contribution >= 0.6 is 0 Å². The molecular formula is C19H20F2N2O3S. The minimum atomic E-state index is -3.40. The van der Waals surface area contributed by atoms with Gasteiger partial charge in [-0.1, -0.05) is 6.07 Å². The number of hydrogen-bond acceptors (Lipinski definition) is 3. The van der Waals surface area contributed by atoms with Crippen molar-refractivity contribution in [3.8, 4) is 0 Å². The Hall–Kier alpha value is -2.48. The summed E-state index contributed by atoms with van der Waals surface area (Å²) in [6, 6.07) is 7.13. The minimum Gasteiger partial charge on any atom is -0.345 e. The summed E-state index contributed by atoms with van der Waals surface area (Å²) in [7, 11) is -3.40. The topological polar surface area (TPSA) is 66.5 Å². The summed E-state index contributed by atoms with van der Waals surface area (Å²) >= 11 is 0. The van der Waals surface area contributed by atoms with Crippen LogP contribution < -0.4 is 9.62 Å². The second kappa shape index (κ2) is 6.92. The van der Waals surface area contributed by atoms with Crippen molar-refractivity contribution in [3.63, 3.8) is 0 Å². The molecule has 2 aromatic rings. The fraction of sp³-hybridized carbons (Fsp3) is 0.316. The number of carbonyl (C=O) groups excluding carboxylic acids is 1. The number of amides is 1. The molecule has 0 aromatic heterocycles. The van der Waals surface area contributed by atoms with E-state index in [0.29, 0.717) is 17.7 Å². The number of carbonyl (C=O) groups is 1. The van der Waals surface area contributed by atoms with Crippen LogP contribution in [-0.2, 0) is 16.4 Å². The van der Waals surface area contributed by atoms with Gasteiger partial charge in [-0.05, 0) is 50.1 Å². The number of nitrogens with one attached hydrogen (secondary N) is 1. The molecule has 27 heavy (non-hydrogen) atoms. The van der Waals surface area contributed by atoms with Crippen LogP contribution in [0.5, 0.6) is 0 Å². The Morgan fingerprint density at radius 3 is 2.56 bits per heavy atom. The van der Waals surface area contributed by atoms with Crippen molar-refractivity contribution in [2.45, 2.75) is 32.4 Å². The van der Waals surface area contributed by atoms with E-state index >= 15 is 0 Å². The van der Waals surface area contributed by atoms with E-state index in [0.717, 1.165) is 24.0 Å². The van der Waals surface area contributed by atoms with Gasteiger partial charge in [-0.3, -0.25) is 9.10 Å². The van der Waals surface area contributed by atoms with Gasteiger partial charge >= 0.3 is 0 Å². The lowest BCUT2D eigenvalue weighted by Crippen LogP contribution is -2.34. The Labute approximate surface area is 157 Å². The van der Waals surface area contributed by atoms with Crippen LogP contribution in [0.4, 0.5) is 14.5 Å². The third-order valence-electron chi connectivity index (χ3n) is 4.63. The molecule has 3 rings (SSSR count). The molecule has 5 nitrogen and oxygen atoms in total. The zero-order valence-corrected chi connectivity index (χ0v) is 16.0. The maximum Gasteiger partial charge on any atom is 0.251 e.